The maximum atomic E-state index is 12.8. The van der Waals surface area contributed by atoms with E-state index in [0.29, 0.717) is 22.8 Å². The van der Waals surface area contributed by atoms with Crippen LogP contribution in [-0.2, 0) is 4.79 Å². The lowest BCUT2D eigenvalue weighted by molar-refractivity contribution is -0.117. The van der Waals surface area contributed by atoms with Crippen LogP contribution in [0, 0.1) is 0 Å². The summed E-state index contributed by atoms with van der Waals surface area (Å²) in [5, 5.41) is 0. The molecule has 176 valence electrons. The van der Waals surface area contributed by atoms with Gasteiger partial charge in [0.05, 0.1) is 33.2 Å². The molecule has 0 spiro atoms. The van der Waals surface area contributed by atoms with Crippen molar-refractivity contribution in [2.24, 2.45) is 0 Å². The normalized spacial score (nSPS) is 10.4. The molecule has 0 aliphatic rings. The molecule has 0 unspecified atom stereocenters. The third kappa shape index (κ3) is 5.74. The summed E-state index contributed by atoms with van der Waals surface area (Å²) in [4.78, 5) is 36.7. The van der Waals surface area contributed by atoms with Crippen molar-refractivity contribution < 1.29 is 37.7 Å². The Morgan fingerprint density at radius 2 is 1.56 bits per heavy atom. The fourth-order valence-corrected chi connectivity index (χ4v) is 2.86. The van der Waals surface area contributed by atoms with Gasteiger partial charge < -0.3 is 23.4 Å². The van der Waals surface area contributed by atoms with Gasteiger partial charge in [0.25, 0.3) is 5.91 Å². The Bertz CT molecular complexity index is 1180. The maximum absolute atomic E-state index is 12.8. The Morgan fingerprint density at radius 3 is 2.18 bits per heavy atom. The topological polar surface area (TPSA) is 125 Å². The molecular weight excluding hydrogens is 444 g/mol. The van der Waals surface area contributed by atoms with Gasteiger partial charge in [-0.3, -0.25) is 20.4 Å². The lowest BCUT2D eigenvalue weighted by Gasteiger charge is -2.14. The molecule has 0 radical (unpaired) electrons. The van der Waals surface area contributed by atoms with Crippen molar-refractivity contribution in [2.45, 2.75) is 0 Å². The number of benzene rings is 2. The number of furan rings is 1. The minimum atomic E-state index is -0.671. The van der Waals surface area contributed by atoms with Crippen LogP contribution in [0.5, 0.6) is 23.0 Å². The van der Waals surface area contributed by atoms with Gasteiger partial charge in [-0.1, -0.05) is 18.2 Å². The number of rotatable bonds is 8. The highest BCUT2D eigenvalue weighted by atomic mass is 16.5. The molecule has 3 aromatic rings. The summed E-state index contributed by atoms with van der Waals surface area (Å²) in [5.41, 5.74) is 5.08. The van der Waals surface area contributed by atoms with Gasteiger partial charge in [0, 0.05) is 11.6 Å². The van der Waals surface area contributed by atoms with Crippen LogP contribution < -0.4 is 29.8 Å². The van der Waals surface area contributed by atoms with Crippen molar-refractivity contribution in [3.63, 3.8) is 0 Å². The number of carbonyl (C=O) groups is 3. The number of hydrazine groups is 1. The van der Waals surface area contributed by atoms with E-state index in [-0.39, 0.29) is 17.1 Å². The number of para-hydroxylation sites is 1. The van der Waals surface area contributed by atoms with Crippen molar-refractivity contribution >= 4 is 23.9 Å². The number of methoxy groups -OCH3 is 3. The monoisotopic (exact) mass is 466 g/mol. The molecule has 10 nitrogen and oxygen atoms in total. The van der Waals surface area contributed by atoms with E-state index in [4.69, 9.17) is 23.4 Å². The van der Waals surface area contributed by atoms with Gasteiger partial charge in [0.15, 0.2) is 17.3 Å². The third-order valence-electron chi connectivity index (χ3n) is 4.48. The van der Waals surface area contributed by atoms with E-state index in [1.165, 1.54) is 57.9 Å². The molecule has 0 fully saturated rings. The Morgan fingerprint density at radius 1 is 0.853 bits per heavy atom. The van der Waals surface area contributed by atoms with E-state index in [0.717, 1.165) is 0 Å². The van der Waals surface area contributed by atoms with Crippen molar-refractivity contribution in [3.05, 3.63) is 77.8 Å². The van der Waals surface area contributed by atoms with E-state index >= 15 is 0 Å². The first kappa shape index (κ1) is 23.9. The molecular formula is C24H22N2O8. The fourth-order valence-electron chi connectivity index (χ4n) is 2.86. The predicted octanol–water partition coefficient (Wildman–Crippen LogP) is 3.00. The standard InChI is InChI=1S/C24H22N2O8/c1-30-19-13-16(14-20(31-2)22(19)32-3)24(29)34-17-8-5-4-7-15(17)10-11-21(27)25-26-23(28)18-9-6-12-33-18/h4-14H,1-3H3,(H,25,27)(H,26,28)/b11-10+. The lowest BCUT2D eigenvalue weighted by Crippen LogP contribution is -2.40. The molecule has 0 saturated heterocycles. The number of ether oxygens (including phenoxy) is 4. The van der Waals surface area contributed by atoms with E-state index in [2.05, 4.69) is 10.9 Å². The summed E-state index contributed by atoms with van der Waals surface area (Å²) in [6.45, 7) is 0. The molecule has 2 amide bonds. The zero-order valence-electron chi connectivity index (χ0n) is 18.6. The summed E-state index contributed by atoms with van der Waals surface area (Å²) < 4.78 is 26.3. The zero-order chi connectivity index (χ0) is 24.5. The van der Waals surface area contributed by atoms with Crippen LogP contribution in [-0.4, -0.2) is 39.1 Å². The SMILES string of the molecule is COc1cc(C(=O)Oc2ccccc2/C=C/C(=O)NNC(=O)c2ccco2)cc(OC)c1OC. The molecule has 1 aromatic heterocycles. The van der Waals surface area contributed by atoms with Crippen LogP contribution >= 0.6 is 0 Å². The largest absolute Gasteiger partial charge is 0.493 e. The molecule has 3 rings (SSSR count). The number of hydrogen-bond acceptors (Lipinski definition) is 8. The van der Waals surface area contributed by atoms with Crippen molar-refractivity contribution in [2.75, 3.05) is 21.3 Å². The van der Waals surface area contributed by atoms with Crippen LogP contribution in [0.2, 0.25) is 0 Å². The highest BCUT2D eigenvalue weighted by molar-refractivity contribution is 5.97. The molecule has 34 heavy (non-hydrogen) atoms. The summed E-state index contributed by atoms with van der Waals surface area (Å²) in [6.07, 6.45) is 3.95. The molecule has 0 saturated carbocycles. The third-order valence-corrected chi connectivity index (χ3v) is 4.48. The number of nitrogens with one attached hydrogen (secondary N) is 2. The van der Waals surface area contributed by atoms with Gasteiger partial charge in [-0.2, -0.15) is 0 Å². The number of esters is 1. The highest BCUT2D eigenvalue weighted by Crippen LogP contribution is 2.38. The molecule has 0 aliphatic heterocycles. The Balaban J connectivity index is 1.71. The summed E-state index contributed by atoms with van der Waals surface area (Å²) in [7, 11) is 4.34. The van der Waals surface area contributed by atoms with E-state index in [1.54, 1.807) is 30.3 Å². The van der Waals surface area contributed by atoms with Crippen LogP contribution in [0.1, 0.15) is 26.5 Å². The quantitative estimate of drug-likeness (QED) is 0.225. The van der Waals surface area contributed by atoms with E-state index in [1.807, 2.05) is 0 Å². The van der Waals surface area contributed by atoms with Gasteiger partial charge in [-0.15, -0.1) is 0 Å². The second kappa shape index (κ2) is 11.2. The van der Waals surface area contributed by atoms with Gasteiger partial charge in [0.2, 0.25) is 5.75 Å². The number of carbonyl (C=O) groups excluding carboxylic acids is 3. The van der Waals surface area contributed by atoms with E-state index < -0.39 is 17.8 Å². The highest BCUT2D eigenvalue weighted by Gasteiger charge is 2.19. The number of amides is 2. The molecule has 0 aliphatic carbocycles. The second-order valence-corrected chi connectivity index (χ2v) is 6.60. The van der Waals surface area contributed by atoms with Gasteiger partial charge in [-0.05, 0) is 36.4 Å². The van der Waals surface area contributed by atoms with E-state index in [9.17, 15) is 14.4 Å². The van der Waals surface area contributed by atoms with Crippen LogP contribution in [0.3, 0.4) is 0 Å². The molecule has 2 aromatic carbocycles. The Labute approximate surface area is 195 Å². The van der Waals surface area contributed by atoms with Gasteiger partial charge >= 0.3 is 11.9 Å². The lowest BCUT2D eigenvalue weighted by atomic mass is 10.1. The average molecular weight is 466 g/mol. The van der Waals surface area contributed by atoms with Crippen molar-refractivity contribution in [1.29, 1.82) is 0 Å². The number of hydrogen-bond donors (Lipinski definition) is 2. The van der Waals surface area contributed by atoms with Crippen LogP contribution in [0.4, 0.5) is 0 Å². The minimum absolute atomic E-state index is 0.0494. The Kier molecular flexibility index (Phi) is 7.90. The smallest absolute Gasteiger partial charge is 0.343 e. The first-order chi connectivity index (χ1) is 16.5. The van der Waals surface area contributed by atoms with Gasteiger partial charge in [-0.25, -0.2) is 4.79 Å². The maximum Gasteiger partial charge on any atom is 0.343 e. The summed E-state index contributed by atoms with van der Waals surface area (Å²) >= 11 is 0. The average Bonchev–Trinajstić information content (AvgIpc) is 3.41. The second-order valence-electron chi connectivity index (χ2n) is 6.60. The first-order valence-corrected chi connectivity index (χ1v) is 9.90. The summed E-state index contributed by atoms with van der Waals surface area (Å²) in [5.74, 6) is -0.675. The molecule has 0 atom stereocenters. The molecule has 0 bridgehead atoms. The fraction of sp³-hybridized carbons (Fsp3) is 0.125. The molecule has 1 heterocycles. The van der Waals surface area contributed by atoms with Crippen LogP contribution in [0.15, 0.2) is 65.3 Å². The first-order valence-electron chi connectivity index (χ1n) is 9.90. The Hall–Kier alpha value is -4.73. The summed E-state index contributed by atoms with van der Waals surface area (Å²) in [6, 6.07) is 12.6. The van der Waals surface area contributed by atoms with Crippen molar-refractivity contribution in [3.8, 4) is 23.0 Å². The zero-order valence-corrected chi connectivity index (χ0v) is 18.6. The molecule has 10 heteroatoms. The predicted molar refractivity (Wildman–Crippen MR) is 121 cm³/mol. The van der Waals surface area contributed by atoms with Gasteiger partial charge in [0.1, 0.15) is 5.75 Å². The van der Waals surface area contributed by atoms with Crippen molar-refractivity contribution in [1.82, 2.24) is 10.9 Å². The van der Waals surface area contributed by atoms with Crippen LogP contribution in [0.25, 0.3) is 6.08 Å². The minimum Gasteiger partial charge on any atom is -0.493 e. The molecule has 2 N–H and O–H groups in total.